The Bertz CT molecular complexity index is 190. The first-order valence-electron chi connectivity index (χ1n) is 5.71. The molecule has 1 rings (SSSR count). The van der Waals surface area contributed by atoms with Crippen LogP contribution in [0, 0.1) is 11.3 Å². The van der Waals surface area contributed by atoms with Gasteiger partial charge in [0.15, 0.2) is 0 Å². The highest BCUT2D eigenvalue weighted by Crippen LogP contribution is 2.34. The lowest BCUT2D eigenvalue weighted by atomic mass is 9.81. The molecule has 0 amide bonds. The first-order valence-corrected chi connectivity index (χ1v) is 5.71. The molecule has 0 aliphatic heterocycles. The number of hydrogen-bond acceptors (Lipinski definition) is 1. The molecule has 0 heterocycles. The second-order valence-corrected chi connectivity index (χ2v) is 5.42. The molecule has 1 fully saturated rings. The Labute approximate surface area is 86.7 Å². The molecule has 14 heavy (non-hydrogen) atoms. The fraction of sp³-hybridized carbons (Fsp3) is 0.917. The Kier molecular flexibility index (Phi) is 3.97. The zero-order valence-electron chi connectivity index (χ0n) is 9.38. The summed E-state index contributed by atoms with van der Waals surface area (Å²) in [4.78, 5) is 10.6. The van der Waals surface area contributed by atoms with Gasteiger partial charge in [-0.05, 0) is 24.2 Å². The molecule has 1 aliphatic rings. The zero-order chi connectivity index (χ0) is 10.6. The van der Waals surface area contributed by atoms with Gasteiger partial charge in [-0.25, -0.2) is 0 Å². The van der Waals surface area contributed by atoms with E-state index in [4.69, 9.17) is 5.11 Å². The highest BCUT2D eigenvalue weighted by Gasteiger charge is 2.24. The monoisotopic (exact) mass is 198 g/mol. The van der Waals surface area contributed by atoms with Crippen LogP contribution in [-0.4, -0.2) is 11.1 Å². The highest BCUT2D eigenvalue weighted by atomic mass is 16.4. The third-order valence-electron chi connectivity index (χ3n) is 3.33. The number of carboxylic acid groups (broad SMARTS) is 1. The van der Waals surface area contributed by atoms with Gasteiger partial charge in [-0.3, -0.25) is 4.79 Å². The van der Waals surface area contributed by atoms with Gasteiger partial charge in [0.2, 0.25) is 0 Å². The lowest BCUT2D eigenvalue weighted by molar-refractivity contribution is -0.139. The Hall–Kier alpha value is -0.530. The predicted molar refractivity (Wildman–Crippen MR) is 57.2 cm³/mol. The molecule has 1 aliphatic carbocycles. The summed E-state index contributed by atoms with van der Waals surface area (Å²) in [5.41, 5.74) is -0.0194. The van der Waals surface area contributed by atoms with Gasteiger partial charge in [0.25, 0.3) is 0 Å². The number of hydrogen-bond donors (Lipinski definition) is 1. The van der Waals surface area contributed by atoms with Crippen molar-refractivity contribution in [3.8, 4) is 0 Å². The average molecular weight is 198 g/mol. The minimum absolute atomic E-state index is 0.0194. The third-order valence-corrected chi connectivity index (χ3v) is 3.33. The molecular formula is C12H22O2. The molecular weight excluding hydrogens is 176 g/mol. The van der Waals surface area contributed by atoms with Crippen molar-refractivity contribution >= 4 is 5.97 Å². The van der Waals surface area contributed by atoms with Crippen LogP contribution >= 0.6 is 0 Å². The van der Waals surface area contributed by atoms with Crippen molar-refractivity contribution in [1.82, 2.24) is 0 Å². The minimum Gasteiger partial charge on any atom is -0.481 e. The van der Waals surface area contributed by atoms with Gasteiger partial charge >= 0.3 is 5.97 Å². The molecule has 1 saturated carbocycles. The van der Waals surface area contributed by atoms with E-state index in [0.29, 0.717) is 6.42 Å². The second-order valence-electron chi connectivity index (χ2n) is 5.42. The van der Waals surface area contributed by atoms with Crippen molar-refractivity contribution < 1.29 is 9.90 Å². The number of rotatable bonds is 5. The van der Waals surface area contributed by atoms with Crippen LogP contribution < -0.4 is 0 Å². The second kappa shape index (κ2) is 4.81. The lowest BCUT2D eigenvalue weighted by Gasteiger charge is -2.23. The van der Waals surface area contributed by atoms with Gasteiger partial charge in [-0.1, -0.05) is 39.5 Å². The molecule has 2 heteroatoms. The summed E-state index contributed by atoms with van der Waals surface area (Å²) in [5.74, 6) is 0.212. The molecule has 2 nitrogen and oxygen atoms in total. The molecule has 0 saturated heterocycles. The maximum Gasteiger partial charge on any atom is 0.303 e. The van der Waals surface area contributed by atoms with Gasteiger partial charge in [0, 0.05) is 0 Å². The lowest BCUT2D eigenvalue weighted by Crippen LogP contribution is -2.17. The number of carboxylic acids is 1. The molecule has 0 aromatic rings. The van der Waals surface area contributed by atoms with E-state index in [1.807, 2.05) is 0 Å². The zero-order valence-corrected chi connectivity index (χ0v) is 9.38. The van der Waals surface area contributed by atoms with Crippen molar-refractivity contribution in [2.24, 2.45) is 11.3 Å². The maximum absolute atomic E-state index is 10.6. The highest BCUT2D eigenvalue weighted by molar-refractivity contribution is 5.67. The van der Waals surface area contributed by atoms with E-state index >= 15 is 0 Å². The van der Waals surface area contributed by atoms with Crippen LogP contribution in [0.1, 0.15) is 58.8 Å². The summed E-state index contributed by atoms with van der Waals surface area (Å²) in [5, 5.41) is 8.74. The molecule has 0 bridgehead atoms. The summed E-state index contributed by atoms with van der Waals surface area (Å²) in [6.45, 7) is 4.13. The Morgan fingerprint density at radius 1 is 1.36 bits per heavy atom. The van der Waals surface area contributed by atoms with Crippen LogP contribution in [-0.2, 0) is 4.79 Å². The largest absolute Gasteiger partial charge is 0.481 e. The third kappa shape index (κ3) is 4.12. The summed E-state index contributed by atoms with van der Waals surface area (Å²) in [6.07, 6.45) is 8.07. The molecule has 0 spiro atoms. The van der Waals surface area contributed by atoms with Gasteiger partial charge < -0.3 is 5.11 Å². The van der Waals surface area contributed by atoms with E-state index in [-0.39, 0.29) is 5.41 Å². The fourth-order valence-electron chi connectivity index (χ4n) is 2.39. The van der Waals surface area contributed by atoms with E-state index in [1.54, 1.807) is 0 Å². The SMILES string of the molecule is CC(C)(CCC1CCCC1)CC(=O)O. The fourth-order valence-corrected chi connectivity index (χ4v) is 2.39. The van der Waals surface area contributed by atoms with Crippen LogP contribution in [0.4, 0.5) is 0 Å². The molecule has 0 unspecified atom stereocenters. The molecule has 82 valence electrons. The molecule has 0 atom stereocenters. The van der Waals surface area contributed by atoms with Crippen molar-refractivity contribution in [3.63, 3.8) is 0 Å². The standard InChI is InChI=1S/C12H22O2/c1-12(2,9-11(13)14)8-7-10-5-3-4-6-10/h10H,3-9H2,1-2H3,(H,13,14). The number of carbonyl (C=O) groups is 1. The Morgan fingerprint density at radius 2 is 1.93 bits per heavy atom. The molecule has 1 N–H and O–H groups in total. The smallest absolute Gasteiger partial charge is 0.303 e. The first kappa shape index (κ1) is 11.5. The van der Waals surface area contributed by atoms with Gasteiger partial charge in [0.1, 0.15) is 0 Å². The normalized spacial score (nSPS) is 18.7. The van der Waals surface area contributed by atoms with Crippen LogP contribution in [0.25, 0.3) is 0 Å². The van der Waals surface area contributed by atoms with Crippen molar-refractivity contribution in [2.45, 2.75) is 58.8 Å². The molecule has 0 aromatic carbocycles. The summed E-state index contributed by atoms with van der Waals surface area (Å²) in [7, 11) is 0. The molecule has 0 radical (unpaired) electrons. The van der Waals surface area contributed by atoms with E-state index in [2.05, 4.69) is 13.8 Å². The summed E-state index contributed by atoms with van der Waals surface area (Å²) < 4.78 is 0. The van der Waals surface area contributed by atoms with E-state index < -0.39 is 5.97 Å². The molecule has 0 aromatic heterocycles. The topological polar surface area (TPSA) is 37.3 Å². The van der Waals surface area contributed by atoms with Gasteiger partial charge in [0.05, 0.1) is 6.42 Å². The maximum atomic E-state index is 10.6. The predicted octanol–water partition coefficient (Wildman–Crippen LogP) is 3.46. The summed E-state index contributed by atoms with van der Waals surface area (Å²) in [6, 6.07) is 0. The van der Waals surface area contributed by atoms with E-state index in [1.165, 1.54) is 32.1 Å². The van der Waals surface area contributed by atoms with Crippen LogP contribution in [0.2, 0.25) is 0 Å². The summed E-state index contributed by atoms with van der Waals surface area (Å²) >= 11 is 0. The first-order chi connectivity index (χ1) is 6.49. The van der Waals surface area contributed by atoms with Gasteiger partial charge in [-0.15, -0.1) is 0 Å². The van der Waals surface area contributed by atoms with E-state index in [9.17, 15) is 4.79 Å². The minimum atomic E-state index is -0.665. The van der Waals surface area contributed by atoms with Crippen LogP contribution in [0.15, 0.2) is 0 Å². The van der Waals surface area contributed by atoms with Crippen LogP contribution in [0.3, 0.4) is 0 Å². The van der Waals surface area contributed by atoms with Crippen molar-refractivity contribution in [3.05, 3.63) is 0 Å². The van der Waals surface area contributed by atoms with Crippen molar-refractivity contribution in [1.29, 1.82) is 0 Å². The Balaban J connectivity index is 2.23. The quantitative estimate of drug-likeness (QED) is 0.734. The average Bonchev–Trinajstić information content (AvgIpc) is 2.50. The number of aliphatic carboxylic acids is 1. The van der Waals surface area contributed by atoms with Gasteiger partial charge in [-0.2, -0.15) is 0 Å². The van der Waals surface area contributed by atoms with Crippen LogP contribution in [0.5, 0.6) is 0 Å². The Morgan fingerprint density at radius 3 is 2.43 bits per heavy atom. The van der Waals surface area contributed by atoms with Crippen molar-refractivity contribution in [2.75, 3.05) is 0 Å². The van der Waals surface area contributed by atoms with E-state index in [0.717, 1.165) is 12.3 Å².